The lowest BCUT2D eigenvalue weighted by molar-refractivity contribution is 0.674. The molecule has 0 amide bonds. The van der Waals surface area contributed by atoms with Crippen LogP contribution in [0, 0.1) is 0 Å². The molecule has 2 rings (SSSR count). The van der Waals surface area contributed by atoms with Crippen molar-refractivity contribution in [1.82, 2.24) is 4.98 Å². The van der Waals surface area contributed by atoms with Crippen LogP contribution in [0.1, 0.15) is 36.9 Å². The van der Waals surface area contributed by atoms with E-state index in [4.69, 9.17) is 5.73 Å². The smallest absolute Gasteiger partial charge is 0.0572 e. The van der Waals surface area contributed by atoms with Crippen molar-refractivity contribution < 1.29 is 0 Å². The fourth-order valence-corrected chi connectivity index (χ4v) is 2.71. The summed E-state index contributed by atoms with van der Waals surface area (Å²) in [5.41, 5.74) is 8.11. The minimum Gasteiger partial charge on any atom is -0.365 e. The van der Waals surface area contributed by atoms with Gasteiger partial charge in [-0.05, 0) is 36.9 Å². The zero-order valence-electron chi connectivity index (χ0n) is 11.5. The molecule has 0 fully saturated rings. The molecule has 2 N–H and O–H groups in total. The maximum atomic E-state index is 5.99. The second kappa shape index (κ2) is 6.68. The number of hydrogen-bond acceptors (Lipinski definition) is 4. The van der Waals surface area contributed by atoms with E-state index in [2.05, 4.69) is 47.3 Å². The highest BCUT2D eigenvalue weighted by atomic mass is 32.1. The summed E-state index contributed by atoms with van der Waals surface area (Å²) in [6.45, 7) is 6.16. The second-order valence-corrected chi connectivity index (χ2v) is 5.58. The fourth-order valence-electron chi connectivity index (χ4n) is 1.99. The van der Waals surface area contributed by atoms with E-state index in [1.807, 2.05) is 12.3 Å². The van der Waals surface area contributed by atoms with Crippen molar-refractivity contribution in [3.63, 3.8) is 0 Å². The standard InChI is InChI=1S/C15H21N3S/c1-3-14(16)15-8-7-12(10-17-15)18(4-2)11-13-6-5-9-19-13/h5-10,14H,3-4,11,16H2,1-2H3. The average molecular weight is 275 g/mol. The summed E-state index contributed by atoms with van der Waals surface area (Å²) in [6.07, 6.45) is 2.85. The Bertz CT molecular complexity index is 479. The van der Waals surface area contributed by atoms with Crippen LogP contribution >= 0.6 is 11.3 Å². The topological polar surface area (TPSA) is 42.1 Å². The summed E-state index contributed by atoms with van der Waals surface area (Å²) < 4.78 is 0. The van der Waals surface area contributed by atoms with Crippen molar-refractivity contribution in [3.05, 3.63) is 46.4 Å². The van der Waals surface area contributed by atoms with Crippen LogP contribution < -0.4 is 10.6 Å². The van der Waals surface area contributed by atoms with Gasteiger partial charge in [0.1, 0.15) is 0 Å². The highest BCUT2D eigenvalue weighted by Crippen LogP contribution is 2.20. The van der Waals surface area contributed by atoms with Crippen molar-refractivity contribution in [3.8, 4) is 0 Å². The first-order valence-electron chi connectivity index (χ1n) is 6.73. The van der Waals surface area contributed by atoms with Crippen molar-refractivity contribution in [1.29, 1.82) is 0 Å². The van der Waals surface area contributed by atoms with Gasteiger partial charge in [0.05, 0.1) is 24.1 Å². The Labute approximate surface area is 119 Å². The van der Waals surface area contributed by atoms with Gasteiger partial charge in [-0.1, -0.05) is 13.0 Å². The largest absolute Gasteiger partial charge is 0.365 e. The van der Waals surface area contributed by atoms with E-state index in [-0.39, 0.29) is 6.04 Å². The molecule has 2 heterocycles. The maximum Gasteiger partial charge on any atom is 0.0572 e. The van der Waals surface area contributed by atoms with Crippen LogP contribution in [-0.2, 0) is 6.54 Å². The Kier molecular flexibility index (Phi) is 4.93. The van der Waals surface area contributed by atoms with Gasteiger partial charge in [-0.15, -0.1) is 11.3 Å². The van der Waals surface area contributed by atoms with E-state index in [0.29, 0.717) is 0 Å². The lowest BCUT2D eigenvalue weighted by Crippen LogP contribution is -2.22. The number of pyridine rings is 1. The molecule has 0 saturated carbocycles. The molecular weight excluding hydrogens is 254 g/mol. The number of rotatable bonds is 6. The monoisotopic (exact) mass is 275 g/mol. The molecule has 2 aromatic heterocycles. The molecule has 2 aromatic rings. The molecule has 0 aliphatic carbocycles. The first kappa shape index (κ1) is 14.0. The van der Waals surface area contributed by atoms with Crippen molar-refractivity contribution >= 4 is 17.0 Å². The van der Waals surface area contributed by atoms with Gasteiger partial charge in [0.2, 0.25) is 0 Å². The van der Waals surface area contributed by atoms with Crippen LogP contribution in [0.5, 0.6) is 0 Å². The lowest BCUT2D eigenvalue weighted by atomic mass is 10.1. The normalized spacial score (nSPS) is 12.4. The SMILES string of the molecule is CCC(N)c1ccc(N(CC)Cc2cccs2)cn1. The van der Waals surface area contributed by atoms with E-state index in [1.165, 1.54) is 4.88 Å². The maximum absolute atomic E-state index is 5.99. The van der Waals surface area contributed by atoms with E-state index in [1.54, 1.807) is 11.3 Å². The summed E-state index contributed by atoms with van der Waals surface area (Å²) in [5, 5.41) is 2.12. The average Bonchev–Trinajstić information content (AvgIpc) is 2.97. The van der Waals surface area contributed by atoms with Gasteiger partial charge in [-0.3, -0.25) is 4.98 Å². The summed E-state index contributed by atoms with van der Waals surface area (Å²) in [6, 6.07) is 8.47. The van der Waals surface area contributed by atoms with Crippen LogP contribution in [0.15, 0.2) is 35.8 Å². The molecule has 3 nitrogen and oxygen atoms in total. The second-order valence-electron chi connectivity index (χ2n) is 4.55. The molecule has 1 unspecified atom stereocenters. The van der Waals surface area contributed by atoms with Crippen molar-refractivity contribution in [2.24, 2.45) is 5.73 Å². The Morgan fingerprint density at radius 3 is 2.68 bits per heavy atom. The fraction of sp³-hybridized carbons (Fsp3) is 0.400. The van der Waals surface area contributed by atoms with Crippen LogP contribution in [0.2, 0.25) is 0 Å². The number of aromatic nitrogens is 1. The molecule has 19 heavy (non-hydrogen) atoms. The first-order chi connectivity index (χ1) is 9.24. The number of thiophene rings is 1. The molecule has 0 aromatic carbocycles. The number of anilines is 1. The lowest BCUT2D eigenvalue weighted by Gasteiger charge is -2.22. The summed E-state index contributed by atoms with van der Waals surface area (Å²) in [7, 11) is 0. The van der Waals surface area contributed by atoms with Gasteiger partial charge in [-0.25, -0.2) is 0 Å². The third-order valence-electron chi connectivity index (χ3n) is 3.26. The van der Waals surface area contributed by atoms with E-state index in [0.717, 1.165) is 30.9 Å². The highest BCUT2D eigenvalue weighted by molar-refractivity contribution is 7.09. The van der Waals surface area contributed by atoms with Gasteiger partial charge in [0, 0.05) is 17.5 Å². The molecule has 4 heteroatoms. The predicted octanol–water partition coefficient (Wildman–Crippen LogP) is 3.58. The van der Waals surface area contributed by atoms with Gasteiger partial charge in [-0.2, -0.15) is 0 Å². The van der Waals surface area contributed by atoms with Crippen molar-refractivity contribution in [2.45, 2.75) is 32.9 Å². The van der Waals surface area contributed by atoms with Gasteiger partial charge >= 0.3 is 0 Å². The van der Waals surface area contributed by atoms with E-state index < -0.39 is 0 Å². The van der Waals surface area contributed by atoms with Crippen LogP contribution in [0.4, 0.5) is 5.69 Å². The quantitative estimate of drug-likeness (QED) is 0.876. The third kappa shape index (κ3) is 3.55. The first-order valence-corrected chi connectivity index (χ1v) is 7.61. The zero-order chi connectivity index (χ0) is 13.7. The minimum absolute atomic E-state index is 0.0430. The predicted molar refractivity (Wildman–Crippen MR) is 82.5 cm³/mol. The summed E-state index contributed by atoms with van der Waals surface area (Å²) in [5.74, 6) is 0. The molecular formula is C15H21N3S. The van der Waals surface area contributed by atoms with E-state index in [9.17, 15) is 0 Å². The molecule has 0 spiro atoms. The molecule has 0 saturated heterocycles. The molecule has 102 valence electrons. The third-order valence-corrected chi connectivity index (χ3v) is 4.13. The highest BCUT2D eigenvalue weighted by Gasteiger charge is 2.09. The Hall–Kier alpha value is -1.39. The van der Waals surface area contributed by atoms with E-state index >= 15 is 0 Å². The molecule has 0 aliphatic rings. The van der Waals surface area contributed by atoms with Crippen LogP contribution in [0.3, 0.4) is 0 Å². The van der Waals surface area contributed by atoms with Gasteiger partial charge in [0.15, 0.2) is 0 Å². The molecule has 1 atom stereocenters. The van der Waals surface area contributed by atoms with Gasteiger partial charge < -0.3 is 10.6 Å². The van der Waals surface area contributed by atoms with Crippen molar-refractivity contribution in [2.75, 3.05) is 11.4 Å². The molecule has 0 aliphatic heterocycles. The minimum atomic E-state index is 0.0430. The zero-order valence-corrected chi connectivity index (χ0v) is 12.4. The number of nitrogens with two attached hydrogens (primary N) is 1. The summed E-state index contributed by atoms with van der Waals surface area (Å²) in [4.78, 5) is 8.18. The van der Waals surface area contributed by atoms with Crippen LogP contribution in [0.25, 0.3) is 0 Å². The number of nitrogens with zero attached hydrogens (tertiary/aromatic N) is 2. The molecule has 0 radical (unpaired) electrons. The molecule has 0 bridgehead atoms. The van der Waals surface area contributed by atoms with Gasteiger partial charge in [0.25, 0.3) is 0 Å². The van der Waals surface area contributed by atoms with Crippen LogP contribution in [-0.4, -0.2) is 11.5 Å². The Morgan fingerprint density at radius 1 is 1.32 bits per heavy atom. The summed E-state index contributed by atoms with van der Waals surface area (Å²) >= 11 is 1.79. The number of hydrogen-bond donors (Lipinski definition) is 1. The Morgan fingerprint density at radius 2 is 2.16 bits per heavy atom. The Balaban J connectivity index is 2.10.